The molecular formula is C15H17N3. The van der Waals surface area contributed by atoms with Crippen LogP contribution in [0.3, 0.4) is 0 Å². The first-order valence-corrected chi connectivity index (χ1v) is 6.43. The standard InChI is InChI=1S/C15H17N3/c1-11(7-12-3-2-4-12)18-15-6-5-13(9-16)14(8-15)10-17/h5-6,8,11-12,18H,2-4,7H2,1H3. The second-order valence-corrected chi connectivity index (χ2v) is 5.06. The third-order valence-electron chi connectivity index (χ3n) is 3.59. The van der Waals surface area contributed by atoms with Crippen LogP contribution in [-0.4, -0.2) is 6.04 Å². The fourth-order valence-electron chi connectivity index (χ4n) is 2.40. The molecule has 0 aliphatic heterocycles. The Hall–Kier alpha value is -2.00. The summed E-state index contributed by atoms with van der Waals surface area (Å²) in [6.07, 6.45) is 5.25. The molecule has 0 radical (unpaired) electrons. The van der Waals surface area contributed by atoms with Crippen molar-refractivity contribution in [1.82, 2.24) is 0 Å². The fourth-order valence-corrected chi connectivity index (χ4v) is 2.40. The SMILES string of the molecule is CC(CC1CCC1)Nc1ccc(C#N)c(C#N)c1. The van der Waals surface area contributed by atoms with Gasteiger partial charge in [-0.25, -0.2) is 0 Å². The molecule has 0 spiro atoms. The molecule has 1 atom stereocenters. The first kappa shape index (κ1) is 12.5. The van der Waals surface area contributed by atoms with E-state index in [1.54, 1.807) is 12.1 Å². The first-order chi connectivity index (χ1) is 8.72. The zero-order valence-corrected chi connectivity index (χ0v) is 10.6. The van der Waals surface area contributed by atoms with E-state index < -0.39 is 0 Å². The molecule has 1 aromatic carbocycles. The highest BCUT2D eigenvalue weighted by molar-refractivity contribution is 5.56. The first-order valence-electron chi connectivity index (χ1n) is 6.43. The van der Waals surface area contributed by atoms with Gasteiger partial charge in [-0.2, -0.15) is 10.5 Å². The quantitative estimate of drug-likeness (QED) is 0.875. The molecule has 1 aromatic rings. The normalized spacial score (nSPS) is 16.2. The predicted octanol–water partition coefficient (Wildman–Crippen LogP) is 3.42. The maximum absolute atomic E-state index is 8.97. The zero-order valence-electron chi connectivity index (χ0n) is 10.6. The van der Waals surface area contributed by atoms with Gasteiger partial charge in [-0.3, -0.25) is 0 Å². The van der Waals surface area contributed by atoms with E-state index in [1.807, 2.05) is 12.1 Å². The Morgan fingerprint density at radius 1 is 1.28 bits per heavy atom. The zero-order chi connectivity index (χ0) is 13.0. The van der Waals surface area contributed by atoms with Crippen molar-refractivity contribution in [2.75, 3.05) is 5.32 Å². The molecule has 1 aliphatic carbocycles. The molecule has 0 bridgehead atoms. The monoisotopic (exact) mass is 239 g/mol. The van der Waals surface area contributed by atoms with Gasteiger partial charge in [0.1, 0.15) is 12.1 Å². The molecule has 2 rings (SSSR count). The summed E-state index contributed by atoms with van der Waals surface area (Å²) < 4.78 is 0. The van der Waals surface area contributed by atoms with Crippen molar-refractivity contribution in [3.05, 3.63) is 29.3 Å². The van der Waals surface area contributed by atoms with Crippen molar-refractivity contribution in [1.29, 1.82) is 10.5 Å². The van der Waals surface area contributed by atoms with Crippen LogP contribution in [0.1, 0.15) is 43.7 Å². The van der Waals surface area contributed by atoms with Crippen molar-refractivity contribution in [3.63, 3.8) is 0 Å². The van der Waals surface area contributed by atoms with Crippen LogP contribution in [0, 0.1) is 28.6 Å². The molecule has 0 amide bonds. The molecule has 1 saturated carbocycles. The van der Waals surface area contributed by atoms with Gasteiger partial charge in [-0.1, -0.05) is 19.3 Å². The number of anilines is 1. The Kier molecular flexibility index (Phi) is 3.85. The van der Waals surface area contributed by atoms with Crippen LogP contribution >= 0.6 is 0 Å². The molecule has 0 saturated heterocycles. The van der Waals surface area contributed by atoms with Gasteiger partial charge in [-0.05, 0) is 37.5 Å². The molecule has 3 nitrogen and oxygen atoms in total. The second-order valence-electron chi connectivity index (χ2n) is 5.06. The molecule has 0 aromatic heterocycles. The lowest BCUT2D eigenvalue weighted by Crippen LogP contribution is -2.23. The molecule has 18 heavy (non-hydrogen) atoms. The van der Waals surface area contributed by atoms with Crippen LogP contribution in [-0.2, 0) is 0 Å². The Bertz CT molecular complexity index is 503. The Morgan fingerprint density at radius 2 is 2.00 bits per heavy atom. The molecule has 3 heteroatoms. The summed E-state index contributed by atoms with van der Waals surface area (Å²) in [5.74, 6) is 0.862. The van der Waals surface area contributed by atoms with E-state index in [4.69, 9.17) is 10.5 Å². The van der Waals surface area contributed by atoms with E-state index in [0.717, 1.165) is 11.6 Å². The van der Waals surface area contributed by atoms with Gasteiger partial charge in [0, 0.05) is 11.7 Å². The molecular weight excluding hydrogens is 222 g/mol. The number of nitrogens with zero attached hydrogens (tertiary/aromatic N) is 2. The van der Waals surface area contributed by atoms with Crippen LogP contribution in [0.25, 0.3) is 0 Å². The molecule has 1 unspecified atom stereocenters. The topological polar surface area (TPSA) is 59.6 Å². The van der Waals surface area contributed by atoms with Gasteiger partial charge in [0.15, 0.2) is 0 Å². The van der Waals surface area contributed by atoms with E-state index in [-0.39, 0.29) is 0 Å². The van der Waals surface area contributed by atoms with Gasteiger partial charge in [0.2, 0.25) is 0 Å². The van der Waals surface area contributed by atoms with Crippen molar-refractivity contribution in [3.8, 4) is 12.1 Å². The van der Waals surface area contributed by atoms with Gasteiger partial charge >= 0.3 is 0 Å². The van der Waals surface area contributed by atoms with Crippen LogP contribution in [0.2, 0.25) is 0 Å². The van der Waals surface area contributed by atoms with Crippen molar-refractivity contribution >= 4 is 5.69 Å². The smallest absolute Gasteiger partial charge is 0.101 e. The number of hydrogen-bond donors (Lipinski definition) is 1. The summed E-state index contributed by atoms with van der Waals surface area (Å²) in [7, 11) is 0. The summed E-state index contributed by atoms with van der Waals surface area (Å²) in [5, 5.41) is 21.2. The van der Waals surface area contributed by atoms with Crippen molar-refractivity contribution < 1.29 is 0 Å². The lowest BCUT2D eigenvalue weighted by atomic mass is 9.81. The lowest BCUT2D eigenvalue weighted by molar-refractivity contribution is 0.286. The average Bonchev–Trinajstić information content (AvgIpc) is 2.33. The largest absolute Gasteiger partial charge is 0.383 e. The van der Waals surface area contributed by atoms with Crippen LogP contribution < -0.4 is 5.32 Å². The minimum absolute atomic E-state index is 0.412. The summed E-state index contributed by atoms with van der Waals surface area (Å²) in [6, 6.07) is 9.84. The van der Waals surface area contributed by atoms with Crippen molar-refractivity contribution in [2.24, 2.45) is 5.92 Å². The fraction of sp³-hybridized carbons (Fsp3) is 0.467. The van der Waals surface area contributed by atoms with E-state index >= 15 is 0 Å². The average molecular weight is 239 g/mol. The van der Waals surface area contributed by atoms with E-state index in [9.17, 15) is 0 Å². The predicted molar refractivity (Wildman–Crippen MR) is 70.9 cm³/mol. The van der Waals surface area contributed by atoms with E-state index in [2.05, 4.69) is 18.3 Å². The van der Waals surface area contributed by atoms with Crippen LogP contribution in [0.4, 0.5) is 5.69 Å². The third-order valence-corrected chi connectivity index (χ3v) is 3.59. The Labute approximate surface area is 108 Å². The lowest BCUT2D eigenvalue weighted by Gasteiger charge is -2.28. The summed E-state index contributed by atoms with van der Waals surface area (Å²) >= 11 is 0. The molecule has 1 N–H and O–H groups in total. The number of hydrogen-bond acceptors (Lipinski definition) is 3. The summed E-state index contributed by atoms with van der Waals surface area (Å²) in [5.41, 5.74) is 1.81. The third kappa shape index (κ3) is 2.81. The maximum Gasteiger partial charge on any atom is 0.101 e. The van der Waals surface area contributed by atoms with Gasteiger partial charge < -0.3 is 5.32 Å². The highest BCUT2D eigenvalue weighted by atomic mass is 14.9. The Balaban J connectivity index is 2.00. The number of rotatable bonds is 4. The molecule has 1 aliphatic rings. The van der Waals surface area contributed by atoms with Crippen molar-refractivity contribution in [2.45, 2.75) is 38.6 Å². The molecule has 0 heterocycles. The minimum atomic E-state index is 0.412. The number of nitriles is 2. The minimum Gasteiger partial charge on any atom is -0.383 e. The van der Waals surface area contributed by atoms with Gasteiger partial charge in [0.25, 0.3) is 0 Å². The highest BCUT2D eigenvalue weighted by Gasteiger charge is 2.19. The molecule has 1 fully saturated rings. The van der Waals surface area contributed by atoms with Gasteiger partial charge in [-0.15, -0.1) is 0 Å². The van der Waals surface area contributed by atoms with E-state index in [0.29, 0.717) is 17.2 Å². The summed E-state index contributed by atoms with van der Waals surface area (Å²) in [4.78, 5) is 0. The van der Waals surface area contributed by atoms with E-state index in [1.165, 1.54) is 25.7 Å². The van der Waals surface area contributed by atoms with Gasteiger partial charge in [0.05, 0.1) is 11.1 Å². The van der Waals surface area contributed by atoms with Crippen LogP contribution in [0.5, 0.6) is 0 Å². The summed E-state index contributed by atoms with van der Waals surface area (Å²) in [6.45, 7) is 2.17. The maximum atomic E-state index is 8.97. The number of benzene rings is 1. The second kappa shape index (κ2) is 5.56. The highest BCUT2D eigenvalue weighted by Crippen LogP contribution is 2.31. The molecule has 92 valence electrons. The van der Waals surface area contributed by atoms with Crippen LogP contribution in [0.15, 0.2) is 18.2 Å². The number of nitrogens with one attached hydrogen (secondary N) is 1. The Morgan fingerprint density at radius 3 is 2.56 bits per heavy atom.